The molecule has 0 unspecified atom stereocenters. The van der Waals surface area contributed by atoms with Gasteiger partial charge in [0.25, 0.3) is 0 Å². The highest BCUT2D eigenvalue weighted by Crippen LogP contribution is 2.21. The van der Waals surface area contributed by atoms with Gasteiger partial charge in [-0.15, -0.1) is 0 Å². The Labute approximate surface area is 123 Å². The number of halogens is 1. The number of hydrogen-bond donors (Lipinski definition) is 2. The molecule has 0 saturated carbocycles. The van der Waals surface area contributed by atoms with E-state index in [4.69, 9.17) is 22.1 Å². The summed E-state index contributed by atoms with van der Waals surface area (Å²) in [5.41, 5.74) is 5.87. The van der Waals surface area contributed by atoms with Gasteiger partial charge in [0.15, 0.2) is 0 Å². The van der Waals surface area contributed by atoms with Crippen molar-refractivity contribution in [1.29, 1.82) is 0 Å². The van der Waals surface area contributed by atoms with Crippen LogP contribution < -0.4 is 10.5 Å². The van der Waals surface area contributed by atoms with Crippen molar-refractivity contribution in [3.63, 3.8) is 0 Å². The summed E-state index contributed by atoms with van der Waals surface area (Å²) in [4.78, 5) is 2.28. The first-order chi connectivity index (χ1) is 9.49. The maximum absolute atomic E-state index is 12.1. The SMILES string of the molecule is Nc1cc(S(=O)(=O)NCCN2CCOCC2)ccc1Cl. The van der Waals surface area contributed by atoms with Gasteiger partial charge in [-0.2, -0.15) is 0 Å². The summed E-state index contributed by atoms with van der Waals surface area (Å²) in [7, 11) is -3.55. The molecule has 1 saturated heterocycles. The van der Waals surface area contributed by atoms with Crippen LogP contribution in [0, 0.1) is 0 Å². The lowest BCUT2D eigenvalue weighted by atomic mass is 10.3. The van der Waals surface area contributed by atoms with Crippen LogP contribution in [0.15, 0.2) is 23.1 Å². The predicted molar refractivity (Wildman–Crippen MR) is 78.3 cm³/mol. The summed E-state index contributed by atoms with van der Waals surface area (Å²) >= 11 is 5.78. The Morgan fingerprint density at radius 3 is 2.70 bits per heavy atom. The number of benzene rings is 1. The van der Waals surface area contributed by atoms with Crippen LogP contribution in [0.2, 0.25) is 5.02 Å². The summed E-state index contributed by atoms with van der Waals surface area (Å²) < 4.78 is 32.0. The molecule has 0 aliphatic carbocycles. The van der Waals surface area contributed by atoms with Crippen molar-refractivity contribution in [3.05, 3.63) is 23.2 Å². The number of nitrogens with two attached hydrogens (primary N) is 1. The highest BCUT2D eigenvalue weighted by molar-refractivity contribution is 7.89. The molecular weight excluding hydrogens is 302 g/mol. The number of nitrogens with zero attached hydrogens (tertiary/aromatic N) is 1. The van der Waals surface area contributed by atoms with Gasteiger partial charge >= 0.3 is 0 Å². The minimum Gasteiger partial charge on any atom is -0.397 e. The third-order valence-corrected chi connectivity index (χ3v) is 4.90. The van der Waals surface area contributed by atoms with E-state index in [2.05, 4.69) is 9.62 Å². The van der Waals surface area contributed by atoms with E-state index in [-0.39, 0.29) is 10.6 Å². The lowest BCUT2D eigenvalue weighted by Crippen LogP contribution is -2.41. The van der Waals surface area contributed by atoms with Crippen LogP contribution in [0.1, 0.15) is 0 Å². The number of nitrogens with one attached hydrogen (secondary N) is 1. The topological polar surface area (TPSA) is 84.7 Å². The zero-order valence-corrected chi connectivity index (χ0v) is 12.6. The predicted octanol–water partition coefficient (Wildman–Crippen LogP) is 0.533. The van der Waals surface area contributed by atoms with Crippen molar-refractivity contribution in [3.8, 4) is 0 Å². The molecule has 1 fully saturated rings. The Kier molecular flexibility index (Phi) is 5.22. The second-order valence-electron chi connectivity index (χ2n) is 4.54. The lowest BCUT2D eigenvalue weighted by Gasteiger charge is -2.26. The van der Waals surface area contributed by atoms with Gasteiger partial charge in [-0.3, -0.25) is 4.90 Å². The molecule has 1 aliphatic rings. The Hall–Kier alpha value is -0.860. The largest absolute Gasteiger partial charge is 0.397 e. The third kappa shape index (κ3) is 4.07. The van der Waals surface area contributed by atoms with Gasteiger partial charge in [0.1, 0.15) is 0 Å². The molecule has 0 radical (unpaired) electrons. The second-order valence-corrected chi connectivity index (χ2v) is 6.71. The first-order valence-corrected chi connectivity index (χ1v) is 8.20. The number of morpholine rings is 1. The Morgan fingerprint density at radius 2 is 2.05 bits per heavy atom. The van der Waals surface area contributed by atoms with Gasteiger partial charge < -0.3 is 10.5 Å². The number of rotatable bonds is 5. The standard InChI is InChI=1S/C12H18ClN3O3S/c13-11-2-1-10(9-12(11)14)20(17,18)15-3-4-16-5-7-19-8-6-16/h1-2,9,15H,3-8,14H2. The Morgan fingerprint density at radius 1 is 1.35 bits per heavy atom. The molecular formula is C12H18ClN3O3S. The van der Waals surface area contributed by atoms with Gasteiger partial charge in [-0.25, -0.2) is 13.1 Å². The summed E-state index contributed by atoms with van der Waals surface area (Å²) in [6.45, 7) is 4.06. The van der Waals surface area contributed by atoms with Gasteiger partial charge in [-0.1, -0.05) is 11.6 Å². The zero-order chi connectivity index (χ0) is 14.6. The van der Waals surface area contributed by atoms with Crippen LogP contribution in [0.4, 0.5) is 5.69 Å². The number of nitrogen functional groups attached to an aromatic ring is 1. The molecule has 0 aromatic heterocycles. The molecule has 0 bridgehead atoms. The molecule has 0 atom stereocenters. The van der Waals surface area contributed by atoms with Crippen molar-refractivity contribution in [2.24, 2.45) is 0 Å². The normalized spacial score (nSPS) is 17.2. The van der Waals surface area contributed by atoms with E-state index in [1.807, 2.05) is 0 Å². The average Bonchev–Trinajstić information content (AvgIpc) is 2.43. The average molecular weight is 320 g/mol. The number of anilines is 1. The van der Waals surface area contributed by atoms with Crippen LogP contribution in [0.5, 0.6) is 0 Å². The van der Waals surface area contributed by atoms with Crippen molar-refractivity contribution in [2.75, 3.05) is 45.1 Å². The molecule has 6 nitrogen and oxygen atoms in total. The molecule has 0 spiro atoms. The third-order valence-electron chi connectivity index (χ3n) is 3.10. The molecule has 2 rings (SSSR count). The van der Waals surface area contributed by atoms with E-state index in [1.165, 1.54) is 18.2 Å². The van der Waals surface area contributed by atoms with E-state index >= 15 is 0 Å². The first-order valence-electron chi connectivity index (χ1n) is 6.34. The van der Waals surface area contributed by atoms with E-state index in [0.717, 1.165) is 13.1 Å². The smallest absolute Gasteiger partial charge is 0.240 e. The van der Waals surface area contributed by atoms with Crippen LogP contribution in [-0.2, 0) is 14.8 Å². The number of sulfonamides is 1. The number of hydrogen-bond acceptors (Lipinski definition) is 5. The Bertz CT molecular complexity index is 559. The van der Waals surface area contributed by atoms with E-state index in [1.54, 1.807) is 0 Å². The van der Waals surface area contributed by atoms with E-state index in [9.17, 15) is 8.42 Å². The molecule has 3 N–H and O–H groups in total. The fourth-order valence-corrected chi connectivity index (χ4v) is 3.11. The summed E-state index contributed by atoms with van der Waals surface area (Å²) in [6, 6.07) is 4.28. The molecule has 1 aromatic rings. The monoisotopic (exact) mass is 319 g/mol. The maximum Gasteiger partial charge on any atom is 0.240 e. The summed E-state index contributed by atoms with van der Waals surface area (Å²) in [5.74, 6) is 0. The van der Waals surface area contributed by atoms with Crippen LogP contribution in [0.25, 0.3) is 0 Å². The molecule has 8 heteroatoms. The van der Waals surface area contributed by atoms with Crippen LogP contribution >= 0.6 is 11.6 Å². The quantitative estimate of drug-likeness (QED) is 0.774. The van der Waals surface area contributed by atoms with Gasteiger partial charge in [0, 0.05) is 26.2 Å². The van der Waals surface area contributed by atoms with Gasteiger partial charge in [0.2, 0.25) is 10.0 Å². The van der Waals surface area contributed by atoms with Crippen LogP contribution in [0.3, 0.4) is 0 Å². The van der Waals surface area contributed by atoms with E-state index < -0.39 is 10.0 Å². The van der Waals surface area contributed by atoms with Gasteiger partial charge in [0.05, 0.1) is 28.8 Å². The van der Waals surface area contributed by atoms with E-state index in [0.29, 0.717) is 31.3 Å². The first kappa shape index (κ1) is 15.5. The molecule has 1 aromatic carbocycles. The summed E-state index contributed by atoms with van der Waals surface area (Å²) in [5, 5.41) is 0.345. The van der Waals surface area contributed by atoms with Crippen molar-refractivity contribution in [2.45, 2.75) is 4.90 Å². The Balaban J connectivity index is 1.91. The highest BCUT2D eigenvalue weighted by atomic mass is 35.5. The molecule has 1 heterocycles. The molecule has 1 aliphatic heterocycles. The van der Waals surface area contributed by atoms with Crippen molar-refractivity contribution < 1.29 is 13.2 Å². The second kappa shape index (κ2) is 6.73. The van der Waals surface area contributed by atoms with Crippen LogP contribution in [-0.4, -0.2) is 52.7 Å². The zero-order valence-electron chi connectivity index (χ0n) is 11.0. The molecule has 112 valence electrons. The molecule has 0 amide bonds. The molecule has 20 heavy (non-hydrogen) atoms. The fraction of sp³-hybridized carbons (Fsp3) is 0.500. The summed E-state index contributed by atoms with van der Waals surface area (Å²) in [6.07, 6.45) is 0. The van der Waals surface area contributed by atoms with Crippen molar-refractivity contribution >= 4 is 27.3 Å². The fourth-order valence-electron chi connectivity index (χ4n) is 1.94. The van der Waals surface area contributed by atoms with Gasteiger partial charge in [-0.05, 0) is 18.2 Å². The lowest BCUT2D eigenvalue weighted by molar-refractivity contribution is 0.0390. The minimum absolute atomic E-state index is 0.126. The highest BCUT2D eigenvalue weighted by Gasteiger charge is 2.16. The van der Waals surface area contributed by atoms with Crippen molar-refractivity contribution in [1.82, 2.24) is 9.62 Å². The minimum atomic E-state index is -3.55. The number of ether oxygens (including phenoxy) is 1. The maximum atomic E-state index is 12.1.